The van der Waals surface area contributed by atoms with Crippen LogP contribution in [0.15, 0.2) is 36.5 Å². The Hall–Kier alpha value is -3.15. The topological polar surface area (TPSA) is 123 Å². The lowest BCUT2D eigenvalue weighted by Crippen LogP contribution is -2.36. The second-order valence-corrected chi connectivity index (χ2v) is 8.19. The average Bonchev–Trinajstić information content (AvgIpc) is 3.36. The summed E-state index contributed by atoms with van der Waals surface area (Å²) in [6.45, 7) is 0. The van der Waals surface area contributed by atoms with Gasteiger partial charge in [0.1, 0.15) is 5.75 Å². The zero-order valence-electron chi connectivity index (χ0n) is 20.2. The Kier molecular flexibility index (Phi) is 10.5. The summed E-state index contributed by atoms with van der Waals surface area (Å²) in [5, 5.41) is 11.2. The zero-order chi connectivity index (χ0) is 24.7. The highest BCUT2D eigenvalue weighted by Crippen LogP contribution is 2.40. The van der Waals surface area contributed by atoms with Crippen LogP contribution in [0.3, 0.4) is 0 Å². The Morgan fingerprint density at radius 2 is 1.71 bits per heavy atom. The quantitative estimate of drug-likeness (QED) is 0.389. The summed E-state index contributed by atoms with van der Waals surface area (Å²) in [5.74, 6) is 2.48. The van der Waals surface area contributed by atoms with E-state index in [-0.39, 0.29) is 18.3 Å². The smallest absolute Gasteiger partial charge is 0.241 e. The first-order valence-electron chi connectivity index (χ1n) is 10.4. The molecule has 3 aromatic rings. The lowest BCUT2D eigenvalue weighted by molar-refractivity contribution is -0.117. The van der Waals surface area contributed by atoms with Crippen molar-refractivity contribution in [3.05, 3.63) is 36.5 Å². The van der Waals surface area contributed by atoms with Crippen LogP contribution in [0.5, 0.6) is 23.0 Å². The van der Waals surface area contributed by atoms with Crippen molar-refractivity contribution in [2.75, 3.05) is 45.8 Å². The van der Waals surface area contributed by atoms with Crippen LogP contribution in [0.1, 0.15) is 6.42 Å². The van der Waals surface area contributed by atoms with E-state index in [2.05, 4.69) is 15.6 Å². The number of ether oxygens (including phenoxy) is 4. The van der Waals surface area contributed by atoms with E-state index in [1.165, 1.54) is 0 Å². The summed E-state index contributed by atoms with van der Waals surface area (Å²) >= 11 is 1.64. The molecule has 0 fully saturated rings. The van der Waals surface area contributed by atoms with Crippen molar-refractivity contribution in [3.63, 3.8) is 0 Å². The fourth-order valence-electron chi connectivity index (χ4n) is 3.38. The standard InChI is InChI=1S/C23H29N5O5S.ClH/c1-30-19-7-6-14(10-17(19)26-23(29)16(24)8-9-34-5)18-13-25-27-28(18)15-11-20(31-2)22(33-4)21(12-15)32-3;/h6-7,10-13,16H,8-9,24H2,1-5H3,(H,26,29);1H. The fourth-order valence-corrected chi connectivity index (χ4v) is 3.87. The van der Waals surface area contributed by atoms with Crippen molar-refractivity contribution in [2.24, 2.45) is 5.73 Å². The van der Waals surface area contributed by atoms with Gasteiger partial charge in [-0.1, -0.05) is 5.21 Å². The van der Waals surface area contributed by atoms with Gasteiger partial charge in [0.15, 0.2) is 11.5 Å². The van der Waals surface area contributed by atoms with Crippen LogP contribution >= 0.6 is 24.2 Å². The molecule has 1 amide bonds. The van der Waals surface area contributed by atoms with Crippen LogP contribution in [0.4, 0.5) is 5.69 Å². The molecular weight excluding hydrogens is 494 g/mol. The molecule has 0 saturated heterocycles. The van der Waals surface area contributed by atoms with Crippen molar-refractivity contribution in [1.82, 2.24) is 15.0 Å². The van der Waals surface area contributed by atoms with E-state index in [0.717, 1.165) is 11.3 Å². The normalized spacial score (nSPS) is 11.3. The predicted octanol–water partition coefficient (Wildman–Crippen LogP) is 3.41. The maximum absolute atomic E-state index is 12.6. The Morgan fingerprint density at radius 1 is 1.06 bits per heavy atom. The summed E-state index contributed by atoms with van der Waals surface area (Å²) in [5.41, 5.74) is 8.62. The van der Waals surface area contributed by atoms with E-state index in [1.807, 2.05) is 12.3 Å². The second-order valence-electron chi connectivity index (χ2n) is 7.21. The van der Waals surface area contributed by atoms with Crippen LogP contribution in [-0.2, 0) is 4.79 Å². The van der Waals surface area contributed by atoms with Gasteiger partial charge in [0, 0.05) is 17.7 Å². The van der Waals surface area contributed by atoms with Gasteiger partial charge in [-0.2, -0.15) is 11.8 Å². The maximum Gasteiger partial charge on any atom is 0.241 e. The van der Waals surface area contributed by atoms with Crippen LogP contribution in [0.25, 0.3) is 16.9 Å². The number of nitrogens with two attached hydrogens (primary N) is 1. The Morgan fingerprint density at radius 3 is 2.29 bits per heavy atom. The van der Waals surface area contributed by atoms with Crippen molar-refractivity contribution >= 4 is 35.8 Å². The van der Waals surface area contributed by atoms with E-state index >= 15 is 0 Å². The van der Waals surface area contributed by atoms with Gasteiger partial charge in [-0.15, -0.1) is 17.5 Å². The van der Waals surface area contributed by atoms with E-state index in [1.54, 1.807) is 75.3 Å². The number of amides is 1. The van der Waals surface area contributed by atoms with Gasteiger partial charge in [-0.25, -0.2) is 4.68 Å². The lowest BCUT2D eigenvalue weighted by atomic mass is 10.1. The molecule has 0 radical (unpaired) electrons. The number of hydrogen-bond acceptors (Lipinski definition) is 9. The minimum atomic E-state index is -0.618. The Labute approximate surface area is 214 Å². The van der Waals surface area contributed by atoms with Gasteiger partial charge in [-0.05, 0) is 36.6 Å². The third-order valence-electron chi connectivity index (χ3n) is 5.17. The molecule has 0 saturated carbocycles. The lowest BCUT2D eigenvalue weighted by Gasteiger charge is -2.16. The van der Waals surface area contributed by atoms with Gasteiger partial charge in [0.2, 0.25) is 11.7 Å². The van der Waals surface area contributed by atoms with Gasteiger partial charge < -0.3 is 30.0 Å². The van der Waals surface area contributed by atoms with E-state index in [9.17, 15) is 4.79 Å². The van der Waals surface area contributed by atoms with Crippen molar-refractivity contribution in [1.29, 1.82) is 0 Å². The maximum atomic E-state index is 12.6. The highest BCUT2D eigenvalue weighted by atomic mass is 35.5. The second kappa shape index (κ2) is 13.1. The average molecular weight is 524 g/mol. The summed E-state index contributed by atoms with van der Waals surface area (Å²) in [6, 6.07) is 8.35. The minimum Gasteiger partial charge on any atom is -0.495 e. The molecule has 0 aliphatic carbocycles. The zero-order valence-corrected chi connectivity index (χ0v) is 21.9. The molecule has 12 heteroatoms. The van der Waals surface area contributed by atoms with Crippen molar-refractivity contribution < 1.29 is 23.7 Å². The van der Waals surface area contributed by atoms with Crippen molar-refractivity contribution in [2.45, 2.75) is 12.5 Å². The molecule has 3 N–H and O–H groups in total. The molecule has 35 heavy (non-hydrogen) atoms. The molecule has 0 aliphatic heterocycles. The molecule has 10 nitrogen and oxygen atoms in total. The molecule has 0 aliphatic rings. The third kappa shape index (κ3) is 6.30. The van der Waals surface area contributed by atoms with Crippen LogP contribution in [-0.4, -0.2) is 67.4 Å². The number of hydrogen-bond donors (Lipinski definition) is 2. The number of carbonyl (C=O) groups is 1. The monoisotopic (exact) mass is 523 g/mol. The number of nitrogens with one attached hydrogen (secondary N) is 1. The van der Waals surface area contributed by atoms with Gasteiger partial charge >= 0.3 is 0 Å². The summed E-state index contributed by atoms with van der Waals surface area (Å²) in [6.07, 6.45) is 4.18. The number of halogens is 1. The van der Waals surface area contributed by atoms with Gasteiger partial charge in [0.05, 0.1) is 57.7 Å². The summed E-state index contributed by atoms with van der Waals surface area (Å²) in [7, 11) is 6.18. The number of nitrogens with zero attached hydrogens (tertiary/aromatic N) is 3. The summed E-state index contributed by atoms with van der Waals surface area (Å²) < 4.78 is 23.4. The first-order chi connectivity index (χ1) is 16.5. The molecular formula is C23H30ClN5O5S. The van der Waals surface area contributed by atoms with Gasteiger partial charge in [-0.3, -0.25) is 4.79 Å². The number of anilines is 1. The molecule has 1 atom stereocenters. The van der Waals surface area contributed by atoms with Gasteiger partial charge in [0.25, 0.3) is 0 Å². The molecule has 0 spiro atoms. The SMILES string of the molecule is COc1ccc(-c2cnnn2-c2cc(OC)c(OC)c(OC)c2)cc1NC(=O)C(N)CCSC.Cl. The largest absolute Gasteiger partial charge is 0.495 e. The molecule has 1 unspecified atom stereocenters. The molecule has 0 bridgehead atoms. The highest BCUT2D eigenvalue weighted by molar-refractivity contribution is 7.98. The molecule has 1 aromatic heterocycles. The van der Waals surface area contributed by atoms with Crippen LogP contribution in [0.2, 0.25) is 0 Å². The number of benzene rings is 2. The number of carbonyl (C=O) groups excluding carboxylic acids is 1. The number of aromatic nitrogens is 3. The molecule has 3 rings (SSSR count). The third-order valence-corrected chi connectivity index (χ3v) is 5.81. The molecule has 190 valence electrons. The highest BCUT2D eigenvalue weighted by Gasteiger charge is 2.19. The predicted molar refractivity (Wildman–Crippen MR) is 140 cm³/mol. The molecule has 2 aromatic carbocycles. The summed E-state index contributed by atoms with van der Waals surface area (Å²) in [4.78, 5) is 12.6. The van der Waals surface area contributed by atoms with E-state index < -0.39 is 6.04 Å². The number of thioether (sulfide) groups is 1. The molecule has 1 heterocycles. The van der Waals surface area contributed by atoms with Crippen LogP contribution < -0.4 is 30.0 Å². The number of rotatable bonds is 11. The minimum absolute atomic E-state index is 0. The first-order valence-corrected chi connectivity index (χ1v) is 11.8. The van der Waals surface area contributed by atoms with Crippen LogP contribution in [0, 0.1) is 0 Å². The van der Waals surface area contributed by atoms with E-state index in [4.69, 9.17) is 24.7 Å². The Bertz CT molecular complexity index is 1120. The Balaban J connectivity index is 0.00000432. The van der Waals surface area contributed by atoms with E-state index in [0.29, 0.717) is 46.5 Å². The fraction of sp³-hybridized carbons (Fsp3) is 0.348. The first kappa shape index (κ1) is 28.1. The van der Waals surface area contributed by atoms with Crippen molar-refractivity contribution in [3.8, 4) is 39.9 Å². The number of methoxy groups -OCH3 is 4.